The molecular weight excluding hydrogens is 348 g/mol. The van der Waals surface area contributed by atoms with Gasteiger partial charge in [0.15, 0.2) is 12.1 Å². The van der Waals surface area contributed by atoms with Gasteiger partial charge in [0.25, 0.3) is 0 Å². The first-order valence-electron chi connectivity index (χ1n) is 7.68. The van der Waals surface area contributed by atoms with Crippen molar-refractivity contribution in [1.82, 2.24) is 20.0 Å². The van der Waals surface area contributed by atoms with Crippen LogP contribution in [0.1, 0.15) is 18.2 Å². The molecule has 0 amide bonds. The third-order valence-electron chi connectivity index (χ3n) is 4.32. The number of amidine groups is 1. The van der Waals surface area contributed by atoms with Crippen LogP contribution < -0.4 is 22.5 Å². The van der Waals surface area contributed by atoms with E-state index >= 15 is 0 Å². The van der Waals surface area contributed by atoms with Crippen LogP contribution in [0.5, 0.6) is 0 Å². The number of anilines is 2. The lowest BCUT2D eigenvalue weighted by atomic mass is 10.1. The Bertz CT molecular complexity index is 826. The minimum atomic E-state index is -1.37. The number of aliphatic hydroxyl groups excluding tert-OH is 3. The summed E-state index contributed by atoms with van der Waals surface area (Å²) in [6.45, 7) is -0.241. The van der Waals surface area contributed by atoms with Crippen molar-refractivity contribution in [2.45, 2.75) is 31.0 Å². The highest BCUT2D eigenvalue weighted by Crippen LogP contribution is 2.40. The molecule has 0 unspecified atom stereocenters. The van der Waals surface area contributed by atoms with Crippen molar-refractivity contribution in [3.05, 3.63) is 11.9 Å². The van der Waals surface area contributed by atoms with E-state index in [0.29, 0.717) is 0 Å². The summed E-state index contributed by atoms with van der Waals surface area (Å²) in [5.74, 6) is 5.22. The van der Waals surface area contributed by atoms with Crippen LogP contribution in [0.3, 0.4) is 0 Å². The first kappa shape index (κ1) is 18.2. The van der Waals surface area contributed by atoms with E-state index in [4.69, 9.17) is 32.0 Å². The molecule has 0 bridgehead atoms. The normalized spacial score (nSPS) is 25.6. The number of nitrogen functional groups attached to an aromatic ring is 2. The van der Waals surface area contributed by atoms with Crippen molar-refractivity contribution >= 4 is 28.5 Å². The van der Waals surface area contributed by atoms with E-state index < -0.39 is 30.4 Å². The predicted molar refractivity (Wildman–Crippen MR) is 89.1 cm³/mol. The quantitative estimate of drug-likeness (QED) is 0.117. The van der Waals surface area contributed by atoms with Crippen molar-refractivity contribution in [3.63, 3.8) is 0 Å². The fourth-order valence-corrected chi connectivity index (χ4v) is 3.15. The van der Waals surface area contributed by atoms with Crippen LogP contribution in [-0.2, 0) is 4.74 Å². The second-order valence-electron chi connectivity index (χ2n) is 5.74. The number of aromatic nitrogens is 3. The Labute approximate surface area is 146 Å². The molecule has 1 saturated heterocycles. The largest absolute Gasteiger partial charge is 0.396 e. The Morgan fingerprint density at radius 1 is 1.35 bits per heavy atom. The molecule has 4 atom stereocenters. The van der Waals surface area contributed by atoms with E-state index in [1.54, 1.807) is 5.48 Å². The number of nitrogens with two attached hydrogens (primary N) is 2. The first-order valence-corrected chi connectivity index (χ1v) is 7.68. The molecule has 13 heteroatoms. The smallest absolute Gasteiger partial charge is 0.166 e. The van der Waals surface area contributed by atoms with Gasteiger partial charge in [-0.15, -0.1) is 0 Å². The molecule has 1 aliphatic rings. The monoisotopic (exact) mass is 368 g/mol. The number of aliphatic hydroxyl groups is 3. The molecule has 2 aromatic heterocycles. The molecular formula is C13H20N8O5. The summed E-state index contributed by atoms with van der Waals surface area (Å²) in [6, 6.07) is 0. The topological polar surface area (TPSA) is 221 Å². The summed E-state index contributed by atoms with van der Waals surface area (Å²) in [5.41, 5.74) is 10.2. The molecule has 3 heterocycles. The standard InChI is InChI=1S/C13H20N8O5/c14-9-5-6(10(15)20-25)12(19-16)21(11(5)18-3-17-9)13-8(24)7(23)4(26-13)1-2-22/h3-4,7-8,13,19,22-25H,1-2,16H2,(H2,15,20)(H2,14,17,18)/t4-,7-,8-,13-/m1/s1. The Kier molecular flexibility index (Phi) is 4.90. The Morgan fingerprint density at radius 3 is 2.69 bits per heavy atom. The zero-order chi connectivity index (χ0) is 19.0. The maximum atomic E-state index is 10.4. The van der Waals surface area contributed by atoms with Gasteiger partial charge < -0.3 is 31.2 Å². The molecule has 142 valence electrons. The summed E-state index contributed by atoms with van der Waals surface area (Å²) in [6.07, 6.45) is -3.29. The fraction of sp³-hybridized carbons (Fsp3) is 0.462. The fourth-order valence-electron chi connectivity index (χ4n) is 3.15. The maximum absolute atomic E-state index is 10.4. The number of nitrogens with zero attached hydrogens (tertiary/aromatic N) is 3. The number of hydrogen-bond acceptors (Lipinski definition) is 11. The van der Waals surface area contributed by atoms with Gasteiger partial charge in [-0.25, -0.2) is 15.8 Å². The van der Waals surface area contributed by atoms with Crippen molar-refractivity contribution in [1.29, 1.82) is 5.41 Å². The number of fused-ring (bicyclic) bond motifs is 1. The maximum Gasteiger partial charge on any atom is 0.166 e. The molecule has 1 fully saturated rings. The highest BCUT2D eigenvalue weighted by molar-refractivity contribution is 6.14. The number of hydrazine groups is 1. The van der Waals surface area contributed by atoms with Gasteiger partial charge in [0.2, 0.25) is 0 Å². The number of nitrogens with one attached hydrogen (secondary N) is 3. The zero-order valence-electron chi connectivity index (χ0n) is 13.5. The summed E-state index contributed by atoms with van der Waals surface area (Å²) < 4.78 is 7.00. The van der Waals surface area contributed by atoms with E-state index in [2.05, 4.69) is 15.4 Å². The van der Waals surface area contributed by atoms with Gasteiger partial charge in [-0.2, -0.15) is 0 Å². The average molecular weight is 368 g/mol. The van der Waals surface area contributed by atoms with Crippen LogP contribution in [0, 0.1) is 5.41 Å². The molecule has 3 rings (SSSR count). The van der Waals surface area contributed by atoms with E-state index in [1.807, 2.05) is 0 Å². The predicted octanol–water partition coefficient (Wildman–Crippen LogP) is -2.40. The summed E-state index contributed by atoms with van der Waals surface area (Å²) in [4.78, 5) is 7.98. The van der Waals surface area contributed by atoms with Crippen LogP contribution in [-0.4, -0.2) is 65.8 Å². The molecule has 0 saturated carbocycles. The van der Waals surface area contributed by atoms with Crippen molar-refractivity contribution in [3.8, 4) is 0 Å². The Balaban J connectivity index is 2.23. The molecule has 26 heavy (non-hydrogen) atoms. The summed E-state index contributed by atoms with van der Waals surface area (Å²) in [7, 11) is 0. The lowest BCUT2D eigenvalue weighted by molar-refractivity contribution is -0.0392. The zero-order valence-corrected chi connectivity index (χ0v) is 13.5. The van der Waals surface area contributed by atoms with E-state index in [1.165, 1.54) is 10.9 Å². The van der Waals surface area contributed by atoms with Crippen LogP contribution in [0.4, 0.5) is 11.6 Å². The van der Waals surface area contributed by atoms with Crippen LogP contribution in [0.2, 0.25) is 0 Å². The van der Waals surface area contributed by atoms with Gasteiger partial charge in [0, 0.05) is 6.61 Å². The number of hydroxylamine groups is 1. The second-order valence-corrected chi connectivity index (χ2v) is 5.74. The SMILES string of the molecule is N=C(NO)c1c(NN)n([C@@H]2O[C@H](CCO)[C@@H](O)[C@H]2O)c2ncnc(N)c12. The van der Waals surface area contributed by atoms with Crippen molar-refractivity contribution in [2.75, 3.05) is 17.8 Å². The van der Waals surface area contributed by atoms with Gasteiger partial charge in [0.1, 0.15) is 35.8 Å². The van der Waals surface area contributed by atoms with Gasteiger partial charge >= 0.3 is 0 Å². The second kappa shape index (κ2) is 6.99. The van der Waals surface area contributed by atoms with Gasteiger partial charge in [-0.1, -0.05) is 0 Å². The van der Waals surface area contributed by atoms with Gasteiger partial charge in [0.05, 0.1) is 17.1 Å². The van der Waals surface area contributed by atoms with E-state index in [0.717, 1.165) is 0 Å². The minimum absolute atomic E-state index is 0.0141. The molecule has 2 aromatic rings. The van der Waals surface area contributed by atoms with Crippen LogP contribution in [0.15, 0.2) is 6.33 Å². The van der Waals surface area contributed by atoms with Gasteiger partial charge in [-0.05, 0) is 6.42 Å². The number of ether oxygens (including phenoxy) is 1. The lowest BCUT2D eigenvalue weighted by Crippen LogP contribution is -2.32. The minimum Gasteiger partial charge on any atom is -0.396 e. The van der Waals surface area contributed by atoms with Crippen LogP contribution >= 0.6 is 0 Å². The average Bonchev–Trinajstić information content (AvgIpc) is 3.11. The highest BCUT2D eigenvalue weighted by Gasteiger charge is 2.45. The molecule has 11 N–H and O–H groups in total. The molecule has 0 radical (unpaired) electrons. The number of hydrogen-bond donors (Lipinski definition) is 9. The highest BCUT2D eigenvalue weighted by atomic mass is 16.6. The van der Waals surface area contributed by atoms with Crippen molar-refractivity contribution < 1.29 is 25.3 Å². The lowest BCUT2D eigenvalue weighted by Gasteiger charge is -2.20. The molecule has 0 aliphatic carbocycles. The van der Waals surface area contributed by atoms with Crippen LogP contribution in [0.25, 0.3) is 11.0 Å². The molecule has 13 nitrogen and oxygen atoms in total. The summed E-state index contributed by atoms with van der Waals surface area (Å²) in [5, 5.41) is 47.0. The van der Waals surface area contributed by atoms with E-state index in [-0.39, 0.29) is 41.3 Å². The molecule has 0 aromatic carbocycles. The Hall–Kier alpha value is -2.55. The van der Waals surface area contributed by atoms with E-state index in [9.17, 15) is 10.2 Å². The molecule has 1 aliphatic heterocycles. The summed E-state index contributed by atoms with van der Waals surface area (Å²) >= 11 is 0. The van der Waals surface area contributed by atoms with Crippen molar-refractivity contribution in [2.24, 2.45) is 5.84 Å². The first-order chi connectivity index (χ1) is 12.5. The third-order valence-corrected chi connectivity index (χ3v) is 4.32. The van der Waals surface area contributed by atoms with Gasteiger partial charge in [-0.3, -0.25) is 20.7 Å². The Morgan fingerprint density at radius 2 is 2.08 bits per heavy atom. The third kappa shape index (κ3) is 2.63. The number of rotatable bonds is 5. The molecule has 0 spiro atoms.